The number of nitrogens with one attached hydrogen (secondary N) is 1. The van der Waals surface area contributed by atoms with Crippen molar-refractivity contribution in [3.8, 4) is 0 Å². The van der Waals surface area contributed by atoms with Crippen molar-refractivity contribution in [2.24, 2.45) is 0 Å². The Balaban J connectivity index is 2.32. The van der Waals surface area contributed by atoms with Crippen LogP contribution < -0.4 is 5.32 Å². The molecule has 9 nitrogen and oxygen atoms in total. The number of rotatable bonds is 41. The van der Waals surface area contributed by atoms with Gasteiger partial charge in [-0.2, -0.15) is 0 Å². The van der Waals surface area contributed by atoms with Gasteiger partial charge in [0.05, 0.1) is 25.4 Å². The van der Waals surface area contributed by atoms with Crippen LogP contribution >= 0.6 is 0 Å². The van der Waals surface area contributed by atoms with Gasteiger partial charge in [-0.1, -0.05) is 190 Å². The topological polar surface area (TPSA) is 149 Å². The second-order valence-electron chi connectivity index (χ2n) is 17.2. The molecule has 0 radical (unpaired) electrons. The molecule has 1 aliphatic rings. The van der Waals surface area contributed by atoms with Crippen LogP contribution in [0.2, 0.25) is 0 Å². The van der Waals surface area contributed by atoms with E-state index >= 15 is 0 Å². The minimum Gasteiger partial charge on any atom is -0.394 e. The molecule has 0 aliphatic carbocycles. The second kappa shape index (κ2) is 41.9. The molecule has 1 amide bonds. The van der Waals surface area contributed by atoms with E-state index in [1.54, 1.807) is 6.08 Å². The fourth-order valence-electron chi connectivity index (χ4n) is 7.52. The van der Waals surface area contributed by atoms with Gasteiger partial charge in [0.1, 0.15) is 24.4 Å². The zero-order valence-electron chi connectivity index (χ0n) is 38.9. The molecular weight excluding hydrogens is 767 g/mol. The van der Waals surface area contributed by atoms with Crippen LogP contribution in [-0.4, -0.2) is 87.5 Å². The van der Waals surface area contributed by atoms with Gasteiger partial charge < -0.3 is 40.3 Å². The Morgan fingerprint density at radius 2 is 1.02 bits per heavy atom. The summed E-state index contributed by atoms with van der Waals surface area (Å²) in [6.45, 7) is 3.67. The lowest BCUT2D eigenvalue weighted by atomic mass is 9.99. The number of aliphatic hydroxyl groups is 5. The predicted octanol–water partition coefficient (Wildman–Crippen LogP) is 11.2. The van der Waals surface area contributed by atoms with Crippen molar-refractivity contribution in [1.82, 2.24) is 5.32 Å². The third-order valence-electron chi connectivity index (χ3n) is 11.5. The summed E-state index contributed by atoms with van der Waals surface area (Å²) in [7, 11) is 0. The molecule has 7 atom stereocenters. The SMILES string of the molecule is CCC/C=C\C/C=C\CCCCCCCC(=O)NC(COC1OC(CO)C(O)C(O)C1O)C(O)/C=C/CC/C=C/CC/C=C/CCCCCCCCCCCCCCCCC. The van der Waals surface area contributed by atoms with Crippen molar-refractivity contribution in [3.05, 3.63) is 60.8 Å². The van der Waals surface area contributed by atoms with Gasteiger partial charge in [-0.05, 0) is 70.6 Å². The van der Waals surface area contributed by atoms with Crippen LogP contribution in [-0.2, 0) is 14.3 Å². The molecule has 0 saturated carbocycles. The maximum Gasteiger partial charge on any atom is 0.220 e. The van der Waals surface area contributed by atoms with E-state index in [0.717, 1.165) is 77.0 Å². The molecule has 1 fully saturated rings. The highest BCUT2D eigenvalue weighted by atomic mass is 16.7. The van der Waals surface area contributed by atoms with Crippen LogP contribution in [0.15, 0.2) is 60.8 Å². The molecule has 0 bridgehead atoms. The summed E-state index contributed by atoms with van der Waals surface area (Å²) >= 11 is 0. The lowest BCUT2D eigenvalue weighted by molar-refractivity contribution is -0.302. The molecule has 0 aromatic rings. The zero-order valence-corrected chi connectivity index (χ0v) is 38.9. The molecule has 0 spiro atoms. The minimum absolute atomic E-state index is 0.208. The molecule has 0 aromatic carbocycles. The molecular formula is C52H93NO8. The smallest absolute Gasteiger partial charge is 0.220 e. The first kappa shape index (κ1) is 56.9. The number of ether oxygens (including phenoxy) is 2. The van der Waals surface area contributed by atoms with Gasteiger partial charge in [0.15, 0.2) is 6.29 Å². The zero-order chi connectivity index (χ0) is 44.4. The maximum absolute atomic E-state index is 12.9. The van der Waals surface area contributed by atoms with Crippen LogP contribution in [0, 0.1) is 0 Å². The summed E-state index contributed by atoms with van der Waals surface area (Å²) < 4.78 is 11.2. The van der Waals surface area contributed by atoms with Crippen molar-refractivity contribution in [2.75, 3.05) is 13.2 Å². The minimum atomic E-state index is -1.58. The van der Waals surface area contributed by atoms with Crippen molar-refractivity contribution in [2.45, 2.75) is 249 Å². The Bertz CT molecular complexity index is 1140. The molecule has 9 heteroatoms. The van der Waals surface area contributed by atoms with Crippen LogP contribution in [0.1, 0.15) is 206 Å². The average molecular weight is 860 g/mol. The summed E-state index contributed by atoms with van der Waals surface area (Å²) in [5, 5.41) is 54.2. The summed E-state index contributed by atoms with van der Waals surface area (Å²) in [4.78, 5) is 12.9. The first-order valence-electron chi connectivity index (χ1n) is 25.0. The van der Waals surface area contributed by atoms with Gasteiger partial charge in [-0.3, -0.25) is 4.79 Å². The highest BCUT2D eigenvalue weighted by Crippen LogP contribution is 2.22. The van der Waals surface area contributed by atoms with Crippen molar-refractivity contribution < 1.29 is 39.8 Å². The Kier molecular flexibility index (Phi) is 39.1. The number of hydrogen-bond acceptors (Lipinski definition) is 8. The van der Waals surface area contributed by atoms with E-state index in [1.807, 2.05) is 6.08 Å². The van der Waals surface area contributed by atoms with E-state index in [1.165, 1.54) is 109 Å². The van der Waals surface area contributed by atoms with E-state index < -0.39 is 49.5 Å². The third kappa shape index (κ3) is 32.2. The quantitative estimate of drug-likeness (QED) is 0.0263. The van der Waals surface area contributed by atoms with Crippen LogP contribution in [0.25, 0.3) is 0 Å². The van der Waals surface area contributed by atoms with E-state index in [2.05, 4.69) is 67.8 Å². The first-order chi connectivity index (χ1) is 29.8. The van der Waals surface area contributed by atoms with E-state index in [-0.39, 0.29) is 12.5 Å². The number of hydrogen-bond donors (Lipinski definition) is 6. The lowest BCUT2D eigenvalue weighted by Gasteiger charge is -2.40. The Hall–Kier alpha value is -2.11. The standard InChI is InChI=1S/C52H93NO8/c1-3-5-7-9-11-13-15-17-18-19-20-21-22-23-24-25-26-27-28-30-31-33-35-37-39-41-46(55)45(44-60-52-51(59)50(58)49(57)47(43-54)61-52)53-48(56)42-40-38-36-34-32-29-16-14-12-10-8-6-4-2/h8,10,14,16,26-27,31,33,39,41,45-47,49-52,54-55,57-59H,3-7,9,11-13,15,17-25,28-30,32,34-38,40,42-44H2,1-2H3,(H,53,56)/b10-8-,16-14-,27-26+,33-31+,41-39+. The maximum atomic E-state index is 12.9. The van der Waals surface area contributed by atoms with Gasteiger partial charge in [0.2, 0.25) is 5.91 Å². The molecule has 6 N–H and O–H groups in total. The van der Waals surface area contributed by atoms with Gasteiger partial charge in [-0.25, -0.2) is 0 Å². The van der Waals surface area contributed by atoms with Crippen LogP contribution in [0.4, 0.5) is 0 Å². The second-order valence-corrected chi connectivity index (χ2v) is 17.2. The molecule has 61 heavy (non-hydrogen) atoms. The number of amides is 1. The van der Waals surface area contributed by atoms with Crippen LogP contribution in [0.3, 0.4) is 0 Å². The fourth-order valence-corrected chi connectivity index (χ4v) is 7.52. The van der Waals surface area contributed by atoms with Crippen LogP contribution in [0.5, 0.6) is 0 Å². The summed E-state index contributed by atoms with van der Waals surface area (Å²) in [5.41, 5.74) is 0. The van der Waals surface area contributed by atoms with E-state index in [4.69, 9.17) is 9.47 Å². The molecule has 1 rings (SSSR count). The number of allylic oxidation sites excluding steroid dienone is 9. The largest absolute Gasteiger partial charge is 0.394 e. The number of aliphatic hydroxyl groups excluding tert-OH is 5. The number of carbonyl (C=O) groups excluding carboxylic acids is 1. The number of unbranched alkanes of at least 4 members (excludes halogenated alkanes) is 23. The van der Waals surface area contributed by atoms with Gasteiger partial charge in [0.25, 0.3) is 0 Å². The molecule has 1 saturated heterocycles. The average Bonchev–Trinajstić information content (AvgIpc) is 3.26. The lowest BCUT2D eigenvalue weighted by Crippen LogP contribution is -2.60. The van der Waals surface area contributed by atoms with Gasteiger partial charge in [-0.15, -0.1) is 0 Å². The normalized spacial score (nSPS) is 20.9. The Morgan fingerprint density at radius 1 is 0.557 bits per heavy atom. The van der Waals surface area contributed by atoms with Gasteiger partial charge in [0, 0.05) is 6.42 Å². The highest BCUT2D eigenvalue weighted by Gasteiger charge is 2.44. The van der Waals surface area contributed by atoms with Crippen molar-refractivity contribution in [3.63, 3.8) is 0 Å². The highest BCUT2D eigenvalue weighted by molar-refractivity contribution is 5.76. The summed E-state index contributed by atoms with van der Waals surface area (Å²) in [6.07, 6.45) is 48.5. The predicted molar refractivity (Wildman–Crippen MR) is 253 cm³/mol. The summed E-state index contributed by atoms with van der Waals surface area (Å²) in [6, 6.07) is -0.837. The first-order valence-corrected chi connectivity index (χ1v) is 25.0. The third-order valence-corrected chi connectivity index (χ3v) is 11.5. The van der Waals surface area contributed by atoms with E-state index in [0.29, 0.717) is 6.42 Å². The van der Waals surface area contributed by atoms with Crippen molar-refractivity contribution >= 4 is 5.91 Å². The van der Waals surface area contributed by atoms with Gasteiger partial charge >= 0.3 is 0 Å². The van der Waals surface area contributed by atoms with E-state index in [9.17, 15) is 30.3 Å². The number of carbonyl (C=O) groups is 1. The Labute approximate surface area is 373 Å². The molecule has 0 aromatic heterocycles. The Morgan fingerprint density at radius 3 is 1.54 bits per heavy atom. The molecule has 7 unspecified atom stereocenters. The van der Waals surface area contributed by atoms with Crippen molar-refractivity contribution in [1.29, 1.82) is 0 Å². The molecule has 1 heterocycles. The summed E-state index contributed by atoms with van der Waals surface area (Å²) in [5.74, 6) is -0.208. The fraction of sp³-hybridized carbons (Fsp3) is 0.788. The molecule has 354 valence electrons. The molecule has 1 aliphatic heterocycles. The monoisotopic (exact) mass is 860 g/mol.